The molecule has 1 N–H and O–H groups in total. The van der Waals surface area contributed by atoms with Crippen LogP contribution in [0.25, 0.3) is 0 Å². The molecule has 20 heavy (non-hydrogen) atoms. The Balaban J connectivity index is 2.42. The zero-order valence-electron chi connectivity index (χ0n) is 12.9. The van der Waals surface area contributed by atoms with Crippen LogP contribution in [0, 0.1) is 5.92 Å². The summed E-state index contributed by atoms with van der Waals surface area (Å²) in [7, 11) is 4.09. The van der Waals surface area contributed by atoms with Crippen molar-refractivity contribution < 1.29 is 0 Å². The molecule has 0 fully saturated rings. The maximum Gasteiger partial charge on any atom is 0.126 e. The molecule has 3 heteroatoms. The van der Waals surface area contributed by atoms with E-state index in [9.17, 15) is 0 Å². The number of hydrogen-bond donors (Lipinski definition) is 1. The predicted molar refractivity (Wildman–Crippen MR) is 83.6 cm³/mol. The molecule has 0 spiro atoms. The van der Waals surface area contributed by atoms with Crippen molar-refractivity contribution in [1.29, 1.82) is 0 Å². The van der Waals surface area contributed by atoms with Crippen LogP contribution >= 0.6 is 0 Å². The van der Waals surface area contributed by atoms with E-state index in [-0.39, 0.29) is 6.04 Å². The molecule has 3 atom stereocenters. The number of aromatic nitrogens is 2. The molecule has 1 aromatic heterocycles. The van der Waals surface area contributed by atoms with Gasteiger partial charge in [-0.15, -0.1) is 0 Å². The van der Waals surface area contributed by atoms with Crippen LogP contribution in [0.15, 0.2) is 42.7 Å². The smallest absolute Gasteiger partial charge is 0.126 e. The lowest BCUT2D eigenvalue weighted by molar-refractivity contribution is 0.339. The number of nitrogens with one attached hydrogen (secondary N) is 1. The van der Waals surface area contributed by atoms with Crippen LogP contribution in [0.1, 0.15) is 43.6 Å². The van der Waals surface area contributed by atoms with E-state index in [0.717, 1.165) is 12.2 Å². The third-order valence-electron chi connectivity index (χ3n) is 4.25. The van der Waals surface area contributed by atoms with Crippen LogP contribution in [-0.4, -0.2) is 16.6 Å². The molecular weight excluding hydrogens is 246 g/mol. The third-order valence-corrected chi connectivity index (χ3v) is 4.25. The van der Waals surface area contributed by atoms with Crippen molar-refractivity contribution in [2.24, 2.45) is 13.0 Å². The largest absolute Gasteiger partial charge is 0.337 e. The van der Waals surface area contributed by atoms with Crippen molar-refractivity contribution in [2.45, 2.75) is 32.2 Å². The summed E-state index contributed by atoms with van der Waals surface area (Å²) in [4.78, 5) is 4.55. The van der Waals surface area contributed by atoms with Crippen molar-refractivity contribution in [1.82, 2.24) is 14.9 Å². The van der Waals surface area contributed by atoms with E-state index in [1.807, 2.05) is 19.4 Å². The summed E-state index contributed by atoms with van der Waals surface area (Å²) in [5, 5.41) is 3.48. The maximum atomic E-state index is 4.55. The first-order chi connectivity index (χ1) is 9.69. The van der Waals surface area contributed by atoms with Crippen LogP contribution < -0.4 is 5.32 Å². The Morgan fingerprint density at radius 1 is 1.25 bits per heavy atom. The highest BCUT2D eigenvalue weighted by Crippen LogP contribution is 2.37. The van der Waals surface area contributed by atoms with Crippen molar-refractivity contribution in [3.05, 3.63) is 54.1 Å². The molecule has 1 aromatic carbocycles. The standard InChI is InChI=1S/C17H25N3/c1-5-13(2)15(14-9-7-6-8-10-14)16(18-3)17-19-11-12-20(17)4/h6-13,15-16,18H,5H2,1-4H3. The van der Waals surface area contributed by atoms with Crippen molar-refractivity contribution in [3.63, 3.8) is 0 Å². The first kappa shape index (κ1) is 14.8. The van der Waals surface area contributed by atoms with Gasteiger partial charge in [0.05, 0.1) is 6.04 Å². The van der Waals surface area contributed by atoms with Crippen molar-refractivity contribution in [3.8, 4) is 0 Å². The number of imidazole rings is 1. The lowest BCUT2D eigenvalue weighted by atomic mass is 9.80. The number of benzene rings is 1. The Morgan fingerprint density at radius 2 is 1.95 bits per heavy atom. The SMILES string of the molecule is CCC(C)C(c1ccccc1)C(NC)c1nccn1C. The molecule has 0 radical (unpaired) electrons. The average Bonchev–Trinajstić information content (AvgIpc) is 2.90. The quantitative estimate of drug-likeness (QED) is 0.871. The fourth-order valence-electron chi connectivity index (χ4n) is 2.92. The number of rotatable bonds is 6. The molecule has 1 heterocycles. The number of likely N-dealkylation sites (N-methyl/N-ethyl adjacent to an activating group) is 1. The average molecular weight is 271 g/mol. The lowest BCUT2D eigenvalue weighted by Gasteiger charge is -2.31. The molecule has 0 amide bonds. The van der Waals surface area contributed by atoms with Gasteiger partial charge in [0, 0.05) is 25.4 Å². The van der Waals surface area contributed by atoms with E-state index >= 15 is 0 Å². The van der Waals surface area contributed by atoms with Gasteiger partial charge in [0.25, 0.3) is 0 Å². The van der Waals surface area contributed by atoms with Crippen LogP contribution in [0.3, 0.4) is 0 Å². The summed E-state index contributed by atoms with van der Waals surface area (Å²) >= 11 is 0. The van der Waals surface area contributed by atoms with E-state index in [4.69, 9.17) is 0 Å². The first-order valence-electron chi connectivity index (χ1n) is 7.38. The number of aryl methyl sites for hydroxylation is 1. The second-order valence-corrected chi connectivity index (χ2v) is 5.48. The van der Waals surface area contributed by atoms with Crippen LogP contribution in [0.5, 0.6) is 0 Å². The molecule has 0 aliphatic heterocycles. The van der Waals surface area contributed by atoms with Gasteiger partial charge in [0.15, 0.2) is 0 Å². The highest BCUT2D eigenvalue weighted by molar-refractivity contribution is 5.24. The fraction of sp³-hybridized carbons (Fsp3) is 0.471. The van der Waals surface area contributed by atoms with Crippen LogP contribution in [-0.2, 0) is 7.05 Å². The second-order valence-electron chi connectivity index (χ2n) is 5.48. The van der Waals surface area contributed by atoms with Gasteiger partial charge in [-0.25, -0.2) is 4.98 Å². The van der Waals surface area contributed by atoms with Gasteiger partial charge in [0.2, 0.25) is 0 Å². The maximum absolute atomic E-state index is 4.55. The van der Waals surface area contributed by atoms with Gasteiger partial charge >= 0.3 is 0 Å². The van der Waals surface area contributed by atoms with E-state index in [0.29, 0.717) is 11.8 Å². The molecule has 0 aliphatic rings. The van der Waals surface area contributed by atoms with Gasteiger partial charge in [-0.2, -0.15) is 0 Å². The summed E-state index contributed by atoms with van der Waals surface area (Å²) in [5.41, 5.74) is 1.38. The Morgan fingerprint density at radius 3 is 2.45 bits per heavy atom. The lowest BCUT2D eigenvalue weighted by Crippen LogP contribution is -2.30. The molecule has 108 valence electrons. The van der Waals surface area contributed by atoms with E-state index < -0.39 is 0 Å². The molecule has 0 bridgehead atoms. The molecule has 0 saturated heterocycles. The van der Waals surface area contributed by atoms with Gasteiger partial charge in [0.1, 0.15) is 5.82 Å². The van der Waals surface area contributed by atoms with Crippen molar-refractivity contribution in [2.75, 3.05) is 7.05 Å². The Kier molecular flexibility index (Phi) is 4.96. The molecule has 2 aromatic rings. The second kappa shape index (κ2) is 6.71. The minimum Gasteiger partial charge on any atom is -0.337 e. The van der Waals surface area contributed by atoms with E-state index in [1.54, 1.807) is 0 Å². The molecule has 3 nitrogen and oxygen atoms in total. The fourth-order valence-corrected chi connectivity index (χ4v) is 2.92. The molecule has 2 rings (SSSR count). The Hall–Kier alpha value is -1.61. The number of hydrogen-bond acceptors (Lipinski definition) is 2. The van der Waals surface area contributed by atoms with Crippen LogP contribution in [0.4, 0.5) is 0 Å². The normalized spacial score (nSPS) is 15.8. The van der Waals surface area contributed by atoms with E-state index in [2.05, 4.69) is 66.1 Å². The third kappa shape index (κ3) is 2.93. The highest BCUT2D eigenvalue weighted by Gasteiger charge is 2.30. The van der Waals surface area contributed by atoms with Gasteiger partial charge in [-0.1, -0.05) is 50.6 Å². The summed E-state index contributed by atoms with van der Waals surface area (Å²) < 4.78 is 2.11. The minimum absolute atomic E-state index is 0.229. The molecular formula is C17H25N3. The monoisotopic (exact) mass is 271 g/mol. The first-order valence-corrected chi connectivity index (χ1v) is 7.38. The van der Waals surface area contributed by atoms with Gasteiger partial charge in [-0.3, -0.25) is 0 Å². The summed E-state index contributed by atoms with van der Waals surface area (Å²) in [6, 6.07) is 11.0. The zero-order valence-corrected chi connectivity index (χ0v) is 12.9. The summed E-state index contributed by atoms with van der Waals surface area (Å²) in [6.07, 6.45) is 5.04. The molecule has 0 aliphatic carbocycles. The molecule has 3 unspecified atom stereocenters. The van der Waals surface area contributed by atoms with Crippen molar-refractivity contribution >= 4 is 0 Å². The minimum atomic E-state index is 0.229. The summed E-state index contributed by atoms with van der Waals surface area (Å²) in [5.74, 6) is 2.11. The van der Waals surface area contributed by atoms with Gasteiger partial charge < -0.3 is 9.88 Å². The molecule has 0 saturated carbocycles. The highest BCUT2D eigenvalue weighted by atomic mass is 15.1. The predicted octanol–water partition coefficient (Wildman–Crippen LogP) is 3.51. The topological polar surface area (TPSA) is 29.9 Å². The Labute approximate surface area is 122 Å². The zero-order chi connectivity index (χ0) is 14.5. The Bertz CT molecular complexity index is 518. The van der Waals surface area contributed by atoms with Gasteiger partial charge in [-0.05, 0) is 18.5 Å². The van der Waals surface area contributed by atoms with Crippen LogP contribution in [0.2, 0.25) is 0 Å². The summed E-state index contributed by atoms with van der Waals surface area (Å²) in [6.45, 7) is 4.58. The van der Waals surface area contributed by atoms with E-state index in [1.165, 1.54) is 5.56 Å². The number of nitrogens with zero attached hydrogens (tertiary/aromatic N) is 2.